The third kappa shape index (κ3) is 1.30. The van der Waals surface area contributed by atoms with Crippen LogP contribution in [0.3, 0.4) is 0 Å². The third-order valence-corrected chi connectivity index (χ3v) is 4.71. The van der Waals surface area contributed by atoms with Crippen LogP contribution in [0, 0.1) is 11.3 Å². The fourth-order valence-electron chi connectivity index (χ4n) is 3.88. The number of hydrogen-bond acceptors (Lipinski definition) is 3. The molecule has 3 aliphatic rings. The highest BCUT2D eigenvalue weighted by molar-refractivity contribution is 5.18. The van der Waals surface area contributed by atoms with Gasteiger partial charge < -0.3 is 14.8 Å². The first-order chi connectivity index (χ1) is 7.38. The molecule has 3 rings (SSSR count). The van der Waals surface area contributed by atoms with Crippen molar-refractivity contribution in [2.24, 2.45) is 11.3 Å². The van der Waals surface area contributed by atoms with Crippen LogP contribution in [0.25, 0.3) is 0 Å². The van der Waals surface area contributed by atoms with Crippen molar-refractivity contribution in [2.75, 3.05) is 26.9 Å². The van der Waals surface area contributed by atoms with Gasteiger partial charge in [-0.15, -0.1) is 0 Å². The van der Waals surface area contributed by atoms with Crippen LogP contribution in [0.15, 0.2) is 0 Å². The highest BCUT2D eigenvalue weighted by Crippen LogP contribution is 2.62. The zero-order valence-electron chi connectivity index (χ0n) is 9.50. The van der Waals surface area contributed by atoms with E-state index < -0.39 is 0 Å². The predicted octanol–water partition coefficient (Wildman–Crippen LogP) is 1.18. The maximum Gasteiger partial charge on any atom is 0.0690 e. The first-order valence-electron chi connectivity index (χ1n) is 6.22. The minimum absolute atomic E-state index is 0.523. The lowest BCUT2D eigenvalue weighted by atomic mass is 9.46. The second kappa shape index (κ2) is 3.72. The molecule has 0 radical (unpaired) electrons. The average molecular weight is 211 g/mol. The highest BCUT2D eigenvalue weighted by atomic mass is 16.5. The first kappa shape index (κ1) is 10.1. The van der Waals surface area contributed by atoms with E-state index in [2.05, 4.69) is 5.32 Å². The summed E-state index contributed by atoms with van der Waals surface area (Å²) in [5.41, 5.74) is 0.523. The molecular formula is C12H21NO2. The second-order valence-corrected chi connectivity index (χ2v) is 5.26. The zero-order chi connectivity index (χ0) is 10.3. The topological polar surface area (TPSA) is 30.5 Å². The van der Waals surface area contributed by atoms with Crippen LogP contribution in [0.4, 0.5) is 0 Å². The minimum Gasteiger partial charge on any atom is -0.383 e. The lowest BCUT2D eigenvalue weighted by molar-refractivity contribution is -0.176. The van der Waals surface area contributed by atoms with Crippen molar-refractivity contribution in [1.82, 2.24) is 5.32 Å². The molecule has 3 heteroatoms. The molecule has 86 valence electrons. The number of nitrogens with one attached hydrogen (secondary N) is 1. The van der Waals surface area contributed by atoms with Crippen molar-refractivity contribution >= 4 is 0 Å². The van der Waals surface area contributed by atoms with Crippen LogP contribution in [-0.2, 0) is 9.47 Å². The van der Waals surface area contributed by atoms with E-state index in [1.165, 1.54) is 25.7 Å². The van der Waals surface area contributed by atoms with Crippen LogP contribution in [0.2, 0.25) is 0 Å². The van der Waals surface area contributed by atoms with Crippen LogP contribution < -0.4 is 5.32 Å². The van der Waals surface area contributed by atoms with Crippen LogP contribution in [0.1, 0.15) is 25.7 Å². The number of ether oxygens (including phenoxy) is 2. The van der Waals surface area contributed by atoms with Crippen molar-refractivity contribution in [2.45, 2.75) is 37.8 Å². The quantitative estimate of drug-likeness (QED) is 0.708. The van der Waals surface area contributed by atoms with Crippen molar-refractivity contribution in [3.63, 3.8) is 0 Å². The largest absolute Gasteiger partial charge is 0.383 e. The van der Waals surface area contributed by atoms with Gasteiger partial charge in [0.05, 0.1) is 12.7 Å². The summed E-state index contributed by atoms with van der Waals surface area (Å²) in [6, 6.07) is 0.717. The molecule has 1 saturated heterocycles. The number of rotatable bonds is 4. The summed E-state index contributed by atoms with van der Waals surface area (Å²) in [6.07, 6.45) is 6.00. The Labute approximate surface area is 91.5 Å². The van der Waals surface area contributed by atoms with E-state index in [1.54, 1.807) is 7.11 Å². The molecule has 0 aromatic heterocycles. The summed E-state index contributed by atoms with van der Waals surface area (Å²) in [5.74, 6) is 0.794. The second-order valence-electron chi connectivity index (χ2n) is 5.26. The molecule has 1 aliphatic heterocycles. The van der Waals surface area contributed by atoms with Crippen molar-refractivity contribution in [3.05, 3.63) is 0 Å². The average Bonchev–Trinajstić information content (AvgIpc) is 2.55. The number of methoxy groups -OCH3 is 1. The van der Waals surface area contributed by atoms with Crippen LogP contribution in [-0.4, -0.2) is 39.0 Å². The fourth-order valence-corrected chi connectivity index (χ4v) is 3.88. The van der Waals surface area contributed by atoms with Gasteiger partial charge in [0.15, 0.2) is 0 Å². The molecule has 1 heterocycles. The summed E-state index contributed by atoms with van der Waals surface area (Å²) >= 11 is 0. The van der Waals surface area contributed by atoms with E-state index in [9.17, 15) is 0 Å². The Bertz CT molecular complexity index is 240. The van der Waals surface area contributed by atoms with E-state index in [4.69, 9.17) is 9.47 Å². The monoisotopic (exact) mass is 211 g/mol. The molecule has 0 aromatic carbocycles. The van der Waals surface area contributed by atoms with Gasteiger partial charge in [-0.1, -0.05) is 6.42 Å². The van der Waals surface area contributed by atoms with E-state index >= 15 is 0 Å². The van der Waals surface area contributed by atoms with Gasteiger partial charge in [-0.25, -0.2) is 0 Å². The summed E-state index contributed by atoms with van der Waals surface area (Å²) in [4.78, 5) is 0. The van der Waals surface area contributed by atoms with Gasteiger partial charge >= 0.3 is 0 Å². The van der Waals surface area contributed by atoms with Gasteiger partial charge in [0, 0.05) is 37.6 Å². The molecule has 1 N–H and O–H groups in total. The van der Waals surface area contributed by atoms with E-state index in [0.29, 0.717) is 17.6 Å². The van der Waals surface area contributed by atoms with E-state index in [-0.39, 0.29) is 0 Å². The maximum atomic E-state index is 5.87. The smallest absolute Gasteiger partial charge is 0.0690 e. The van der Waals surface area contributed by atoms with Crippen LogP contribution in [0.5, 0.6) is 0 Å². The molecule has 3 atom stereocenters. The molecule has 1 spiro atoms. The van der Waals surface area contributed by atoms with E-state index in [0.717, 1.165) is 25.7 Å². The van der Waals surface area contributed by atoms with Crippen molar-refractivity contribution in [3.8, 4) is 0 Å². The Morgan fingerprint density at radius 3 is 3.00 bits per heavy atom. The SMILES string of the molecule is COCCNC1C2CCOC2C12CCC2. The number of fused-ring (bicyclic) bond motifs is 2. The Morgan fingerprint density at radius 2 is 2.33 bits per heavy atom. The third-order valence-electron chi connectivity index (χ3n) is 4.71. The summed E-state index contributed by atoms with van der Waals surface area (Å²) in [6.45, 7) is 2.80. The van der Waals surface area contributed by atoms with Gasteiger partial charge in [0.25, 0.3) is 0 Å². The molecule has 0 aromatic rings. The Morgan fingerprint density at radius 1 is 1.47 bits per heavy atom. The van der Waals surface area contributed by atoms with E-state index in [1.807, 2.05) is 0 Å². The Balaban J connectivity index is 1.61. The molecule has 2 aliphatic carbocycles. The molecule has 0 bridgehead atoms. The lowest BCUT2D eigenvalue weighted by Gasteiger charge is -2.63. The van der Waals surface area contributed by atoms with Crippen molar-refractivity contribution < 1.29 is 9.47 Å². The molecule has 15 heavy (non-hydrogen) atoms. The fraction of sp³-hybridized carbons (Fsp3) is 1.00. The van der Waals surface area contributed by atoms with Gasteiger partial charge in [0.2, 0.25) is 0 Å². The van der Waals surface area contributed by atoms with Crippen molar-refractivity contribution in [1.29, 1.82) is 0 Å². The van der Waals surface area contributed by atoms with Crippen LogP contribution >= 0.6 is 0 Å². The first-order valence-corrected chi connectivity index (χ1v) is 6.22. The standard InChI is InChI=1S/C12H21NO2/c1-14-8-6-13-10-9-3-7-15-11(9)12(10)4-2-5-12/h9-11,13H,2-8H2,1H3. The summed E-state index contributed by atoms with van der Waals surface area (Å²) < 4.78 is 11.0. The Hall–Kier alpha value is -0.120. The molecule has 3 fully saturated rings. The maximum absolute atomic E-state index is 5.87. The van der Waals surface area contributed by atoms with Gasteiger partial charge in [-0.3, -0.25) is 0 Å². The van der Waals surface area contributed by atoms with Gasteiger partial charge in [-0.05, 0) is 19.3 Å². The normalized spacial score (nSPS) is 41.0. The zero-order valence-corrected chi connectivity index (χ0v) is 9.50. The summed E-state index contributed by atoms with van der Waals surface area (Å²) in [5, 5.41) is 3.68. The number of hydrogen-bond donors (Lipinski definition) is 1. The van der Waals surface area contributed by atoms with Gasteiger partial charge in [0.1, 0.15) is 0 Å². The minimum atomic E-state index is 0.523. The molecule has 0 amide bonds. The molecule has 2 saturated carbocycles. The molecule has 3 unspecified atom stereocenters. The Kier molecular flexibility index (Phi) is 2.49. The highest BCUT2D eigenvalue weighted by Gasteiger charge is 2.66. The molecule has 3 nitrogen and oxygen atoms in total. The summed E-state index contributed by atoms with van der Waals surface area (Å²) in [7, 11) is 1.77. The predicted molar refractivity (Wildman–Crippen MR) is 57.8 cm³/mol. The van der Waals surface area contributed by atoms with Gasteiger partial charge in [-0.2, -0.15) is 0 Å². The molecular weight excluding hydrogens is 190 g/mol. The lowest BCUT2D eigenvalue weighted by Crippen LogP contribution is -2.71.